The van der Waals surface area contributed by atoms with Gasteiger partial charge in [-0.2, -0.15) is 0 Å². The second-order valence-corrected chi connectivity index (χ2v) is 8.54. The van der Waals surface area contributed by atoms with Gasteiger partial charge in [0.05, 0.1) is 5.75 Å². The summed E-state index contributed by atoms with van der Waals surface area (Å²) in [6.45, 7) is 10.4. The quantitative estimate of drug-likeness (QED) is 0.831. The van der Waals surface area contributed by atoms with Crippen LogP contribution in [0.25, 0.3) is 0 Å². The monoisotopic (exact) mass is 298 g/mol. The van der Waals surface area contributed by atoms with Gasteiger partial charge in [0.1, 0.15) is 0 Å². The average Bonchev–Trinajstić information content (AvgIpc) is 2.13. The molecule has 18 heavy (non-hydrogen) atoms. The van der Waals surface area contributed by atoms with Crippen molar-refractivity contribution >= 4 is 22.4 Å². The number of nitrogens with one attached hydrogen (secondary N) is 2. The highest BCUT2D eigenvalue weighted by atomic mass is 35.5. The highest BCUT2D eigenvalue weighted by Crippen LogP contribution is 2.25. The van der Waals surface area contributed by atoms with Crippen molar-refractivity contribution in [3.8, 4) is 0 Å². The van der Waals surface area contributed by atoms with Crippen LogP contribution in [-0.4, -0.2) is 33.8 Å². The first-order valence-corrected chi connectivity index (χ1v) is 7.95. The third-order valence-corrected chi connectivity index (χ3v) is 4.86. The molecule has 110 valence electrons. The molecule has 0 aromatic heterocycles. The summed E-state index contributed by atoms with van der Waals surface area (Å²) in [5, 5.41) is 3.33. The van der Waals surface area contributed by atoms with Crippen LogP contribution in [0.5, 0.6) is 0 Å². The molecule has 1 saturated heterocycles. The van der Waals surface area contributed by atoms with Gasteiger partial charge in [0.25, 0.3) is 0 Å². The summed E-state index contributed by atoms with van der Waals surface area (Å²) < 4.78 is 26.6. The zero-order chi connectivity index (χ0) is 13.2. The minimum atomic E-state index is -3.15. The van der Waals surface area contributed by atoms with E-state index in [9.17, 15) is 8.42 Å². The van der Waals surface area contributed by atoms with E-state index in [0.29, 0.717) is 6.54 Å². The minimum absolute atomic E-state index is 0. The molecule has 4 nitrogen and oxygen atoms in total. The van der Waals surface area contributed by atoms with E-state index in [1.807, 2.05) is 20.8 Å². The molecule has 1 atom stereocenters. The molecular weight excluding hydrogens is 272 g/mol. The fourth-order valence-electron chi connectivity index (χ4n) is 2.17. The Morgan fingerprint density at radius 3 is 2.39 bits per heavy atom. The van der Waals surface area contributed by atoms with Crippen LogP contribution in [0.1, 0.15) is 40.5 Å². The molecule has 6 heteroatoms. The fourth-order valence-corrected chi connectivity index (χ4v) is 3.99. The van der Waals surface area contributed by atoms with E-state index in [2.05, 4.69) is 17.0 Å². The largest absolute Gasteiger partial charge is 0.316 e. The van der Waals surface area contributed by atoms with Crippen molar-refractivity contribution in [1.82, 2.24) is 10.0 Å². The number of sulfonamides is 1. The summed E-state index contributed by atoms with van der Waals surface area (Å²) in [6, 6.07) is 0. The number of piperidine rings is 1. The van der Waals surface area contributed by atoms with Crippen molar-refractivity contribution in [2.24, 2.45) is 10.8 Å². The molecular formula is C12H27ClN2O2S. The van der Waals surface area contributed by atoms with E-state index >= 15 is 0 Å². The van der Waals surface area contributed by atoms with Crippen molar-refractivity contribution in [3.05, 3.63) is 0 Å². The first-order valence-electron chi connectivity index (χ1n) is 6.30. The van der Waals surface area contributed by atoms with E-state index in [0.717, 1.165) is 25.9 Å². The molecule has 0 bridgehead atoms. The van der Waals surface area contributed by atoms with Crippen molar-refractivity contribution in [1.29, 1.82) is 0 Å². The summed E-state index contributed by atoms with van der Waals surface area (Å²) in [7, 11) is -3.15. The Hall–Kier alpha value is 0.160. The van der Waals surface area contributed by atoms with E-state index in [4.69, 9.17) is 0 Å². The molecule has 1 aliphatic rings. The van der Waals surface area contributed by atoms with Crippen LogP contribution < -0.4 is 10.0 Å². The van der Waals surface area contributed by atoms with Crippen LogP contribution >= 0.6 is 12.4 Å². The van der Waals surface area contributed by atoms with Crippen LogP contribution in [0.15, 0.2) is 0 Å². The normalized spacial score (nSPS) is 25.6. The summed E-state index contributed by atoms with van der Waals surface area (Å²) in [6.07, 6.45) is 2.20. The predicted molar refractivity (Wildman–Crippen MR) is 78.7 cm³/mol. The van der Waals surface area contributed by atoms with Crippen molar-refractivity contribution in [2.45, 2.75) is 40.5 Å². The van der Waals surface area contributed by atoms with Gasteiger partial charge in [-0.25, -0.2) is 13.1 Å². The Labute approximate surface area is 118 Å². The maximum atomic E-state index is 11.9. The maximum Gasteiger partial charge on any atom is 0.212 e. The third-order valence-electron chi connectivity index (χ3n) is 3.03. The van der Waals surface area contributed by atoms with Crippen LogP contribution in [-0.2, 0) is 10.0 Å². The Balaban J connectivity index is 0.00000289. The van der Waals surface area contributed by atoms with E-state index in [-0.39, 0.29) is 29.0 Å². The maximum absolute atomic E-state index is 11.9. The van der Waals surface area contributed by atoms with Crippen LogP contribution in [0, 0.1) is 10.8 Å². The van der Waals surface area contributed by atoms with Crippen molar-refractivity contribution < 1.29 is 8.42 Å². The molecule has 0 radical (unpaired) electrons. The van der Waals surface area contributed by atoms with Gasteiger partial charge in [-0.3, -0.25) is 0 Å². The summed E-state index contributed by atoms with van der Waals surface area (Å²) >= 11 is 0. The van der Waals surface area contributed by atoms with Gasteiger partial charge >= 0.3 is 0 Å². The Kier molecular flexibility index (Phi) is 6.61. The molecule has 2 N–H and O–H groups in total. The summed E-state index contributed by atoms with van der Waals surface area (Å²) in [4.78, 5) is 0. The summed E-state index contributed by atoms with van der Waals surface area (Å²) in [5.41, 5.74) is -0.138. The van der Waals surface area contributed by atoms with Crippen LogP contribution in [0.2, 0.25) is 0 Å². The first kappa shape index (κ1) is 18.2. The lowest BCUT2D eigenvalue weighted by Crippen LogP contribution is -2.46. The number of hydrogen-bond donors (Lipinski definition) is 2. The number of hydrogen-bond acceptors (Lipinski definition) is 3. The highest BCUT2D eigenvalue weighted by molar-refractivity contribution is 7.89. The Morgan fingerprint density at radius 1 is 1.33 bits per heavy atom. The van der Waals surface area contributed by atoms with Gasteiger partial charge in [-0.05, 0) is 30.2 Å². The molecule has 0 spiro atoms. The lowest BCUT2D eigenvalue weighted by molar-refractivity contribution is 0.238. The van der Waals surface area contributed by atoms with E-state index < -0.39 is 10.0 Å². The topological polar surface area (TPSA) is 58.2 Å². The first-order chi connectivity index (χ1) is 7.62. The van der Waals surface area contributed by atoms with Crippen LogP contribution in [0.3, 0.4) is 0 Å². The van der Waals surface area contributed by atoms with Gasteiger partial charge in [0, 0.05) is 13.1 Å². The average molecular weight is 299 g/mol. The molecule has 1 fully saturated rings. The lowest BCUT2D eigenvalue weighted by Gasteiger charge is -2.34. The second kappa shape index (κ2) is 6.55. The molecule has 0 aliphatic carbocycles. The van der Waals surface area contributed by atoms with Crippen molar-refractivity contribution in [3.63, 3.8) is 0 Å². The van der Waals surface area contributed by atoms with Gasteiger partial charge in [0.15, 0.2) is 0 Å². The zero-order valence-electron chi connectivity index (χ0n) is 11.9. The summed E-state index contributed by atoms with van der Waals surface area (Å²) in [5.74, 6) is 0.184. The molecule has 1 heterocycles. The molecule has 1 unspecified atom stereocenters. The van der Waals surface area contributed by atoms with Gasteiger partial charge in [-0.15, -0.1) is 12.4 Å². The number of rotatable bonds is 4. The smallest absolute Gasteiger partial charge is 0.212 e. The standard InChI is InChI=1S/C12H26N2O2S.ClH/c1-11(2,3)10-17(15,16)14-9-12(4)6-5-7-13-8-12;/h13-14H,5-10H2,1-4H3;1H. The predicted octanol–water partition coefficient (Wildman–Crippen LogP) is 1.76. The second-order valence-electron chi connectivity index (χ2n) is 6.73. The molecule has 1 aliphatic heterocycles. The molecule has 0 saturated carbocycles. The SMILES string of the molecule is CC(C)(C)CS(=O)(=O)NCC1(C)CCCNC1.Cl. The lowest BCUT2D eigenvalue weighted by atomic mass is 9.83. The fraction of sp³-hybridized carbons (Fsp3) is 1.00. The molecule has 0 aromatic rings. The molecule has 1 rings (SSSR count). The highest BCUT2D eigenvalue weighted by Gasteiger charge is 2.29. The van der Waals surface area contributed by atoms with E-state index in [1.165, 1.54) is 0 Å². The van der Waals surface area contributed by atoms with E-state index in [1.54, 1.807) is 0 Å². The van der Waals surface area contributed by atoms with Gasteiger partial charge < -0.3 is 5.32 Å². The molecule has 0 aromatic carbocycles. The van der Waals surface area contributed by atoms with Crippen LogP contribution in [0.4, 0.5) is 0 Å². The Morgan fingerprint density at radius 2 is 1.94 bits per heavy atom. The van der Waals surface area contributed by atoms with Crippen molar-refractivity contribution in [2.75, 3.05) is 25.4 Å². The van der Waals surface area contributed by atoms with Gasteiger partial charge in [-0.1, -0.05) is 27.7 Å². The minimum Gasteiger partial charge on any atom is -0.316 e. The number of halogens is 1. The van der Waals surface area contributed by atoms with Gasteiger partial charge in [0.2, 0.25) is 10.0 Å². The Bertz CT molecular complexity index is 344. The molecule has 0 amide bonds. The zero-order valence-corrected chi connectivity index (χ0v) is 13.5. The third kappa shape index (κ3) is 6.92.